The van der Waals surface area contributed by atoms with Crippen LogP contribution in [-0.4, -0.2) is 29.3 Å². The number of carbonyl (C=O) groups is 1. The van der Waals surface area contributed by atoms with E-state index in [0.29, 0.717) is 12.2 Å². The first kappa shape index (κ1) is 10.7. The van der Waals surface area contributed by atoms with Crippen molar-refractivity contribution in [2.45, 2.75) is 12.6 Å². The minimum absolute atomic E-state index is 0.125. The van der Waals surface area contributed by atoms with Crippen LogP contribution in [0.5, 0.6) is 0 Å². The Morgan fingerprint density at radius 3 is 2.77 bits per heavy atom. The molecule has 0 aliphatic carbocycles. The van der Waals surface area contributed by atoms with Crippen LogP contribution < -0.4 is 0 Å². The molecule has 0 N–H and O–H groups in total. The fourth-order valence-electron chi connectivity index (χ4n) is 0.911. The minimum atomic E-state index is -4.76. The third kappa shape index (κ3) is 3.10. The maximum absolute atomic E-state index is 11.9. The lowest BCUT2D eigenvalue weighted by atomic mass is 10.4. The number of halogens is 3. The zero-order chi connectivity index (χ0) is 9.90. The number of rotatable bonds is 0. The van der Waals surface area contributed by atoms with Gasteiger partial charge in [0.1, 0.15) is 0 Å². The van der Waals surface area contributed by atoms with Crippen molar-refractivity contribution in [1.82, 2.24) is 4.90 Å². The van der Waals surface area contributed by atoms with Crippen molar-refractivity contribution in [1.29, 1.82) is 0 Å². The van der Waals surface area contributed by atoms with Crippen LogP contribution in [0.1, 0.15) is 6.42 Å². The molecule has 1 rings (SSSR count). The monoisotopic (exact) mass is 211 g/mol. The van der Waals surface area contributed by atoms with Gasteiger partial charge in [-0.1, -0.05) is 0 Å². The van der Waals surface area contributed by atoms with Gasteiger partial charge in [0.25, 0.3) is 0 Å². The van der Waals surface area contributed by atoms with Gasteiger partial charge in [-0.2, -0.15) is 24.9 Å². The molecule has 0 spiro atoms. The summed E-state index contributed by atoms with van der Waals surface area (Å²) in [5.41, 5.74) is 0. The Bertz CT molecular complexity index is 187. The van der Waals surface area contributed by atoms with E-state index in [1.54, 1.807) is 5.75 Å². The Balaban J connectivity index is 2.54. The van der Waals surface area contributed by atoms with Gasteiger partial charge in [-0.25, -0.2) is 0 Å². The third-order valence-corrected chi connectivity index (χ3v) is 2.34. The number of nitrogens with zero attached hydrogens (tertiary/aromatic N) is 1. The first-order valence-electron chi connectivity index (χ1n) is 3.66. The smallest absolute Gasteiger partial charge is 0.329 e. The molecular weight excluding hydrogens is 203 g/mol. The van der Waals surface area contributed by atoms with Crippen LogP contribution in [-0.2, 0) is 4.79 Å². The molecule has 13 heavy (non-hydrogen) atoms. The van der Waals surface area contributed by atoms with E-state index in [1.165, 1.54) is 18.3 Å². The van der Waals surface area contributed by atoms with Crippen LogP contribution in [0.2, 0.25) is 0 Å². The lowest BCUT2D eigenvalue weighted by molar-refractivity contribution is -0.183. The highest BCUT2D eigenvalue weighted by molar-refractivity contribution is 8.01. The van der Waals surface area contributed by atoms with E-state index in [1.807, 2.05) is 0 Å². The van der Waals surface area contributed by atoms with Crippen molar-refractivity contribution in [2.24, 2.45) is 0 Å². The summed E-state index contributed by atoms with van der Waals surface area (Å²) in [6.07, 6.45) is -4.36. The van der Waals surface area contributed by atoms with Crippen molar-refractivity contribution in [3.63, 3.8) is 0 Å². The first-order chi connectivity index (χ1) is 6.02. The Labute approximate surface area is 78.5 Å². The molecule has 0 aromatic carbocycles. The van der Waals surface area contributed by atoms with Gasteiger partial charge >= 0.3 is 12.1 Å². The zero-order valence-corrected chi connectivity index (χ0v) is 7.49. The van der Waals surface area contributed by atoms with Gasteiger partial charge in [0.05, 0.1) is 6.54 Å². The highest BCUT2D eigenvalue weighted by Gasteiger charge is 2.42. The van der Waals surface area contributed by atoms with E-state index in [2.05, 4.69) is 0 Å². The predicted octanol–water partition coefficient (Wildman–Crippen LogP) is 1.84. The molecule has 2 radical (unpaired) electrons. The second-order valence-corrected chi connectivity index (χ2v) is 3.53. The molecule has 0 atom stereocenters. The summed E-state index contributed by atoms with van der Waals surface area (Å²) in [5.74, 6) is 0.519. The normalized spacial score (nSPS) is 19.8. The maximum atomic E-state index is 11.9. The first-order valence-corrected chi connectivity index (χ1v) is 4.71. The van der Waals surface area contributed by atoms with Crippen LogP contribution in [0, 0.1) is 12.3 Å². The quantitative estimate of drug-likeness (QED) is 0.609. The number of carbonyl (C=O) groups excluding carboxylic acids is 1. The van der Waals surface area contributed by atoms with Gasteiger partial charge in [0, 0.05) is 18.1 Å². The number of thioether (sulfide) groups is 1. The summed E-state index contributed by atoms with van der Waals surface area (Å²) in [6.45, 7) is 1.40. The van der Waals surface area contributed by atoms with E-state index in [9.17, 15) is 18.0 Å². The Kier molecular flexibility index (Phi) is 3.47. The average Bonchev–Trinajstić information content (AvgIpc) is 2.28. The molecule has 1 amide bonds. The number of hydrogen-bond donors (Lipinski definition) is 0. The van der Waals surface area contributed by atoms with Gasteiger partial charge in [0.15, 0.2) is 0 Å². The van der Waals surface area contributed by atoms with E-state index < -0.39 is 12.1 Å². The molecule has 0 bridgehead atoms. The maximum Gasteiger partial charge on any atom is 0.471 e. The van der Waals surface area contributed by atoms with Crippen LogP contribution in [0.4, 0.5) is 13.2 Å². The molecule has 1 fully saturated rings. The topological polar surface area (TPSA) is 20.3 Å². The van der Waals surface area contributed by atoms with E-state index in [4.69, 9.17) is 0 Å². The molecule has 6 heteroatoms. The van der Waals surface area contributed by atoms with Crippen LogP contribution in [0.3, 0.4) is 0 Å². The molecule has 74 valence electrons. The van der Waals surface area contributed by atoms with Crippen molar-refractivity contribution in [2.75, 3.05) is 12.3 Å². The van der Waals surface area contributed by atoms with E-state index >= 15 is 0 Å². The summed E-state index contributed by atoms with van der Waals surface area (Å²) >= 11 is 1.43. The number of alkyl halides is 3. The van der Waals surface area contributed by atoms with Gasteiger partial charge in [-0.3, -0.25) is 4.79 Å². The predicted molar refractivity (Wildman–Crippen MR) is 43.4 cm³/mol. The summed E-state index contributed by atoms with van der Waals surface area (Å²) in [5, 5.41) is 0. The van der Waals surface area contributed by atoms with Crippen molar-refractivity contribution < 1.29 is 18.0 Å². The molecular formula is C7H8F3NOS. The standard InChI is InChI=1S/C7H8F3NOS/c8-7(9,10)6(12)11-2-1-4-13-5-3-11/h2,4H,1,3,5H2. The van der Waals surface area contributed by atoms with Gasteiger partial charge in [-0.15, -0.1) is 0 Å². The Hall–Kier alpha value is -0.390. The van der Waals surface area contributed by atoms with E-state index in [-0.39, 0.29) is 6.54 Å². The van der Waals surface area contributed by atoms with Gasteiger partial charge in [-0.05, 0) is 6.42 Å². The SMILES string of the molecule is O=C(N1[CH]C[CH]SCC1)C(F)(F)F. The lowest BCUT2D eigenvalue weighted by Crippen LogP contribution is -2.40. The summed E-state index contributed by atoms with van der Waals surface area (Å²) in [4.78, 5) is 11.5. The van der Waals surface area contributed by atoms with Crippen LogP contribution in [0.15, 0.2) is 0 Å². The molecule has 0 aromatic rings. The molecule has 0 aromatic heterocycles. The summed E-state index contributed by atoms with van der Waals surface area (Å²) < 4.78 is 35.8. The molecule has 1 aliphatic heterocycles. The van der Waals surface area contributed by atoms with Crippen molar-refractivity contribution >= 4 is 17.7 Å². The highest BCUT2D eigenvalue weighted by Crippen LogP contribution is 2.23. The van der Waals surface area contributed by atoms with Gasteiger partial charge < -0.3 is 4.90 Å². The fraction of sp³-hybridized carbons (Fsp3) is 0.571. The van der Waals surface area contributed by atoms with Crippen LogP contribution in [0.25, 0.3) is 0 Å². The largest absolute Gasteiger partial charge is 0.471 e. The van der Waals surface area contributed by atoms with Crippen molar-refractivity contribution in [3.05, 3.63) is 12.3 Å². The second kappa shape index (κ2) is 4.21. The number of amides is 1. The molecule has 1 saturated heterocycles. The summed E-state index contributed by atoms with van der Waals surface area (Å²) in [7, 11) is 0. The Morgan fingerprint density at radius 2 is 2.15 bits per heavy atom. The lowest BCUT2D eigenvalue weighted by Gasteiger charge is -2.20. The van der Waals surface area contributed by atoms with E-state index in [0.717, 1.165) is 4.90 Å². The summed E-state index contributed by atoms with van der Waals surface area (Å²) in [6, 6.07) is 0. The second-order valence-electron chi connectivity index (χ2n) is 2.45. The van der Waals surface area contributed by atoms with Crippen molar-refractivity contribution in [3.8, 4) is 0 Å². The molecule has 0 saturated carbocycles. The average molecular weight is 211 g/mol. The minimum Gasteiger partial charge on any atom is -0.329 e. The van der Waals surface area contributed by atoms with Gasteiger partial charge in [0.2, 0.25) is 0 Å². The molecule has 0 unspecified atom stereocenters. The zero-order valence-electron chi connectivity index (χ0n) is 6.67. The molecule has 1 heterocycles. The fourth-order valence-corrected chi connectivity index (χ4v) is 1.60. The third-order valence-electron chi connectivity index (χ3n) is 1.49. The highest BCUT2D eigenvalue weighted by atomic mass is 32.2. The molecule has 2 nitrogen and oxygen atoms in total. The number of hydrogen-bond acceptors (Lipinski definition) is 2. The Morgan fingerprint density at radius 1 is 1.46 bits per heavy atom. The molecule has 1 aliphatic rings. The van der Waals surface area contributed by atoms with Crippen LogP contribution >= 0.6 is 11.8 Å².